The van der Waals surface area contributed by atoms with Gasteiger partial charge in [0.25, 0.3) is 0 Å². The van der Waals surface area contributed by atoms with Crippen LogP contribution in [0.4, 0.5) is 0 Å². The van der Waals surface area contributed by atoms with Crippen LogP contribution in [0.5, 0.6) is 0 Å². The van der Waals surface area contributed by atoms with E-state index in [2.05, 4.69) is 18.2 Å². The summed E-state index contributed by atoms with van der Waals surface area (Å²) in [6.07, 6.45) is 1.77. The molecule has 0 bridgehead atoms. The Morgan fingerprint density at radius 1 is 1.08 bits per heavy atom. The van der Waals surface area contributed by atoms with Gasteiger partial charge in [0.2, 0.25) is 0 Å². The molecule has 12 heavy (non-hydrogen) atoms. The van der Waals surface area contributed by atoms with Gasteiger partial charge in [-0.15, -0.1) is 0 Å². The third-order valence-corrected chi connectivity index (χ3v) is 1.66. The van der Waals surface area contributed by atoms with Crippen LogP contribution in [-0.2, 0) is 0 Å². The Kier molecular flexibility index (Phi) is 4.27. The van der Waals surface area contributed by atoms with Gasteiger partial charge < -0.3 is 0 Å². The Bertz CT molecular complexity index is 254. The molecule has 0 saturated heterocycles. The number of rotatable bonds is 3. The summed E-state index contributed by atoms with van der Waals surface area (Å²) in [7, 11) is 0. The average Bonchev–Trinajstić information content (AvgIpc) is 1.98. The van der Waals surface area contributed by atoms with Crippen molar-refractivity contribution in [2.45, 2.75) is 27.7 Å². The Balaban J connectivity index is 4.58. The number of aliphatic imine (C=N–C) groups is 1. The minimum atomic E-state index is 0.962. The Hall–Kier alpha value is -1.11. The van der Waals surface area contributed by atoms with Crippen LogP contribution in [0.1, 0.15) is 27.7 Å². The molecule has 1 heteroatoms. The Labute approximate surface area is 75.2 Å². The monoisotopic (exact) mass is 163 g/mol. The van der Waals surface area contributed by atoms with E-state index in [1.165, 1.54) is 0 Å². The van der Waals surface area contributed by atoms with E-state index in [0.29, 0.717) is 0 Å². The topological polar surface area (TPSA) is 12.4 Å². The molecule has 0 aromatic carbocycles. The molecular formula is C11H17N. The van der Waals surface area contributed by atoms with Crippen molar-refractivity contribution in [2.75, 3.05) is 0 Å². The van der Waals surface area contributed by atoms with Crippen LogP contribution in [0.15, 0.2) is 40.6 Å². The van der Waals surface area contributed by atoms with Crippen LogP contribution in [0.2, 0.25) is 0 Å². The van der Waals surface area contributed by atoms with Gasteiger partial charge in [0.15, 0.2) is 0 Å². The van der Waals surface area contributed by atoms with E-state index in [1.807, 2.05) is 27.7 Å². The normalized spacial score (nSPS) is 13.0. The summed E-state index contributed by atoms with van der Waals surface area (Å²) in [5, 5.41) is 0. The van der Waals surface area contributed by atoms with Crippen molar-refractivity contribution in [1.29, 1.82) is 0 Å². The summed E-state index contributed by atoms with van der Waals surface area (Å²) in [4.78, 5) is 4.24. The van der Waals surface area contributed by atoms with E-state index >= 15 is 0 Å². The van der Waals surface area contributed by atoms with Gasteiger partial charge in [-0.1, -0.05) is 18.7 Å². The highest BCUT2D eigenvalue weighted by Gasteiger charge is 1.93. The van der Waals surface area contributed by atoms with E-state index < -0.39 is 0 Å². The van der Waals surface area contributed by atoms with Crippen molar-refractivity contribution in [3.05, 3.63) is 35.6 Å². The molecule has 0 aliphatic heterocycles. The number of nitrogens with zero attached hydrogens (tertiary/aromatic N) is 1. The zero-order valence-corrected chi connectivity index (χ0v) is 8.44. The lowest BCUT2D eigenvalue weighted by molar-refractivity contribution is 1.20. The second kappa shape index (κ2) is 4.70. The predicted molar refractivity (Wildman–Crippen MR) is 56.5 cm³/mol. The zero-order valence-electron chi connectivity index (χ0n) is 8.44. The first kappa shape index (κ1) is 10.9. The van der Waals surface area contributed by atoms with Crippen LogP contribution < -0.4 is 0 Å². The lowest BCUT2D eigenvalue weighted by Gasteiger charge is -2.01. The largest absolute Gasteiger partial charge is 0.261 e. The Morgan fingerprint density at radius 3 is 1.92 bits per heavy atom. The van der Waals surface area contributed by atoms with Crippen LogP contribution in [0.3, 0.4) is 0 Å². The van der Waals surface area contributed by atoms with Gasteiger partial charge in [0.05, 0.1) is 0 Å². The third kappa shape index (κ3) is 3.91. The molecule has 0 unspecified atom stereocenters. The van der Waals surface area contributed by atoms with Crippen molar-refractivity contribution < 1.29 is 0 Å². The lowest BCUT2D eigenvalue weighted by atomic mass is 10.1. The van der Waals surface area contributed by atoms with Gasteiger partial charge in [-0.05, 0) is 38.8 Å². The molecule has 0 atom stereocenters. The highest BCUT2D eigenvalue weighted by molar-refractivity contribution is 5.77. The van der Waals surface area contributed by atoms with Gasteiger partial charge in [-0.3, -0.25) is 4.99 Å². The first-order chi connectivity index (χ1) is 5.45. The van der Waals surface area contributed by atoms with Crippen LogP contribution in [0, 0.1) is 0 Å². The molecule has 0 fully saturated rings. The first-order valence-corrected chi connectivity index (χ1v) is 3.98. The lowest BCUT2D eigenvalue weighted by Crippen LogP contribution is -1.83. The van der Waals surface area contributed by atoms with E-state index in [-0.39, 0.29) is 0 Å². The standard InChI is InChI=1S/C11H17N/c1-8(2)7-12-11(6)10(5)9(3)4/h7H,1,3H2,2,4-6H3/b11-10+,12-7?. The van der Waals surface area contributed by atoms with Crippen molar-refractivity contribution in [3.63, 3.8) is 0 Å². The SMILES string of the molecule is C=C(C)C=N/C(C)=C(\C)C(=C)C. The maximum Gasteiger partial charge on any atom is 0.0404 e. The summed E-state index contributed by atoms with van der Waals surface area (Å²) in [6.45, 7) is 15.5. The maximum absolute atomic E-state index is 4.24. The summed E-state index contributed by atoms with van der Waals surface area (Å²) in [5.74, 6) is 0. The summed E-state index contributed by atoms with van der Waals surface area (Å²) in [6, 6.07) is 0. The molecular weight excluding hydrogens is 146 g/mol. The maximum atomic E-state index is 4.24. The molecule has 0 saturated carbocycles. The smallest absolute Gasteiger partial charge is 0.0404 e. The van der Waals surface area contributed by atoms with Crippen LogP contribution in [-0.4, -0.2) is 6.21 Å². The van der Waals surface area contributed by atoms with Gasteiger partial charge >= 0.3 is 0 Å². The Morgan fingerprint density at radius 2 is 1.58 bits per heavy atom. The summed E-state index contributed by atoms with van der Waals surface area (Å²) in [5.41, 5.74) is 4.17. The number of hydrogen-bond donors (Lipinski definition) is 0. The fourth-order valence-electron chi connectivity index (χ4n) is 0.613. The molecule has 0 heterocycles. The molecule has 0 aliphatic rings. The molecule has 66 valence electrons. The van der Waals surface area contributed by atoms with Crippen molar-refractivity contribution in [1.82, 2.24) is 0 Å². The van der Waals surface area contributed by atoms with Crippen molar-refractivity contribution >= 4 is 6.21 Å². The molecule has 0 spiro atoms. The molecule has 0 N–H and O–H groups in total. The second-order valence-corrected chi connectivity index (χ2v) is 3.10. The highest BCUT2D eigenvalue weighted by Crippen LogP contribution is 2.12. The van der Waals surface area contributed by atoms with Gasteiger partial charge in [0, 0.05) is 11.9 Å². The zero-order chi connectivity index (χ0) is 9.72. The fourth-order valence-corrected chi connectivity index (χ4v) is 0.613. The van der Waals surface area contributed by atoms with Gasteiger partial charge in [0.1, 0.15) is 0 Å². The van der Waals surface area contributed by atoms with E-state index in [0.717, 1.165) is 22.4 Å². The van der Waals surface area contributed by atoms with E-state index in [4.69, 9.17) is 0 Å². The average molecular weight is 163 g/mol. The fraction of sp³-hybridized carbons (Fsp3) is 0.364. The number of allylic oxidation sites excluding steroid dienone is 4. The minimum Gasteiger partial charge on any atom is -0.261 e. The van der Waals surface area contributed by atoms with Gasteiger partial charge in [-0.2, -0.15) is 0 Å². The van der Waals surface area contributed by atoms with Crippen molar-refractivity contribution in [2.24, 2.45) is 4.99 Å². The molecule has 0 amide bonds. The predicted octanol–water partition coefficient (Wildman–Crippen LogP) is 3.50. The molecule has 1 nitrogen and oxygen atoms in total. The molecule has 0 rings (SSSR count). The molecule has 0 aromatic heterocycles. The highest BCUT2D eigenvalue weighted by atomic mass is 14.7. The van der Waals surface area contributed by atoms with Crippen molar-refractivity contribution in [3.8, 4) is 0 Å². The first-order valence-electron chi connectivity index (χ1n) is 3.98. The quantitative estimate of drug-likeness (QED) is 0.446. The second-order valence-electron chi connectivity index (χ2n) is 3.10. The number of hydrogen-bond acceptors (Lipinski definition) is 1. The molecule has 0 radical (unpaired) electrons. The van der Waals surface area contributed by atoms with Gasteiger partial charge in [-0.25, -0.2) is 0 Å². The summed E-state index contributed by atoms with van der Waals surface area (Å²) < 4.78 is 0. The van der Waals surface area contributed by atoms with Crippen LogP contribution >= 0.6 is 0 Å². The van der Waals surface area contributed by atoms with Crippen LogP contribution in [0.25, 0.3) is 0 Å². The molecule has 0 aliphatic carbocycles. The van der Waals surface area contributed by atoms with E-state index in [1.54, 1.807) is 6.21 Å². The van der Waals surface area contributed by atoms with E-state index in [9.17, 15) is 0 Å². The third-order valence-electron chi connectivity index (χ3n) is 1.66. The summed E-state index contributed by atoms with van der Waals surface area (Å²) >= 11 is 0. The minimum absolute atomic E-state index is 0.962. The molecule has 0 aromatic rings.